The van der Waals surface area contributed by atoms with Gasteiger partial charge in [-0.25, -0.2) is 4.98 Å². The van der Waals surface area contributed by atoms with Crippen molar-refractivity contribution in [3.63, 3.8) is 0 Å². The third kappa shape index (κ3) is 2.66. The van der Waals surface area contributed by atoms with Crippen LogP contribution < -0.4 is 4.90 Å². The van der Waals surface area contributed by atoms with Gasteiger partial charge in [0.1, 0.15) is 0 Å². The Balaban J connectivity index is 2.23. The molecule has 0 aliphatic rings. The normalized spacial score (nSPS) is 12.4. The first-order valence-electron chi connectivity index (χ1n) is 5.66. The lowest BCUT2D eigenvalue weighted by molar-refractivity contribution is 0.285. The highest BCUT2D eigenvalue weighted by Crippen LogP contribution is 2.31. The van der Waals surface area contributed by atoms with Crippen LogP contribution >= 0.6 is 22.9 Å². The summed E-state index contributed by atoms with van der Waals surface area (Å²) < 4.78 is 0. The Bertz CT molecular complexity index is 529. The van der Waals surface area contributed by atoms with E-state index >= 15 is 0 Å². The lowest BCUT2D eigenvalue weighted by atomic mass is 10.1. The number of nitrogens with zero attached hydrogens (tertiary/aromatic N) is 2. The number of aromatic nitrogens is 1. The Morgan fingerprint density at radius 2 is 2.17 bits per heavy atom. The second-order valence-corrected chi connectivity index (χ2v) is 5.58. The van der Waals surface area contributed by atoms with Crippen LogP contribution in [-0.2, 0) is 6.61 Å². The lowest BCUT2D eigenvalue weighted by Crippen LogP contribution is -2.21. The van der Waals surface area contributed by atoms with Crippen molar-refractivity contribution < 1.29 is 5.11 Å². The molecule has 0 amide bonds. The zero-order valence-electron chi connectivity index (χ0n) is 10.3. The molecule has 1 heterocycles. The van der Waals surface area contributed by atoms with E-state index in [9.17, 15) is 0 Å². The summed E-state index contributed by atoms with van der Waals surface area (Å²) in [7, 11) is 1.98. The highest BCUT2D eigenvalue weighted by atomic mass is 35.5. The van der Waals surface area contributed by atoms with E-state index < -0.39 is 0 Å². The predicted octanol–water partition coefficient (Wildman–Crippen LogP) is 3.49. The third-order valence-electron chi connectivity index (χ3n) is 2.94. The van der Waals surface area contributed by atoms with Gasteiger partial charge in [0.15, 0.2) is 5.13 Å². The van der Waals surface area contributed by atoms with Crippen molar-refractivity contribution in [2.45, 2.75) is 19.6 Å². The summed E-state index contributed by atoms with van der Waals surface area (Å²) in [5, 5.41) is 10.7. The highest BCUT2D eigenvalue weighted by molar-refractivity contribution is 7.15. The molecule has 0 saturated heterocycles. The monoisotopic (exact) mass is 282 g/mol. The Morgan fingerprint density at radius 1 is 1.44 bits per heavy atom. The van der Waals surface area contributed by atoms with Gasteiger partial charge in [0.25, 0.3) is 0 Å². The average Bonchev–Trinajstić information content (AvgIpc) is 2.86. The molecule has 0 radical (unpaired) electrons. The summed E-state index contributed by atoms with van der Waals surface area (Å²) in [6.45, 7) is 2.12. The van der Waals surface area contributed by atoms with Crippen LogP contribution in [0.15, 0.2) is 30.5 Å². The maximum atomic E-state index is 9.06. The van der Waals surface area contributed by atoms with Crippen molar-refractivity contribution in [1.29, 1.82) is 0 Å². The van der Waals surface area contributed by atoms with Gasteiger partial charge in [-0.2, -0.15) is 0 Å². The fourth-order valence-electron chi connectivity index (χ4n) is 1.72. The SMILES string of the molecule is CC(c1ccccc1Cl)N(C)c1ncc(CO)s1. The summed E-state index contributed by atoms with van der Waals surface area (Å²) in [5.41, 5.74) is 1.07. The molecule has 96 valence electrons. The van der Waals surface area contributed by atoms with E-state index in [2.05, 4.69) is 16.8 Å². The quantitative estimate of drug-likeness (QED) is 0.933. The first-order valence-corrected chi connectivity index (χ1v) is 6.85. The average molecular weight is 283 g/mol. The molecule has 0 spiro atoms. The predicted molar refractivity (Wildman–Crippen MR) is 76.3 cm³/mol. The van der Waals surface area contributed by atoms with Gasteiger partial charge in [0.2, 0.25) is 0 Å². The second-order valence-electron chi connectivity index (χ2n) is 4.08. The minimum Gasteiger partial charge on any atom is -0.391 e. The molecule has 1 aromatic carbocycles. The highest BCUT2D eigenvalue weighted by Gasteiger charge is 2.17. The molecule has 0 aliphatic heterocycles. The molecule has 1 aromatic heterocycles. The minimum atomic E-state index is 0.0337. The maximum absolute atomic E-state index is 9.06. The van der Waals surface area contributed by atoms with Gasteiger partial charge in [0, 0.05) is 18.3 Å². The zero-order valence-corrected chi connectivity index (χ0v) is 11.9. The van der Waals surface area contributed by atoms with Crippen molar-refractivity contribution in [3.8, 4) is 0 Å². The number of hydrogen-bond donors (Lipinski definition) is 1. The van der Waals surface area contributed by atoms with Crippen LogP contribution in [0.25, 0.3) is 0 Å². The summed E-state index contributed by atoms with van der Waals surface area (Å²) in [5.74, 6) is 0. The van der Waals surface area contributed by atoms with E-state index in [1.165, 1.54) is 11.3 Å². The smallest absolute Gasteiger partial charge is 0.185 e. The van der Waals surface area contributed by atoms with Gasteiger partial charge in [0.05, 0.1) is 17.5 Å². The van der Waals surface area contributed by atoms with Crippen molar-refractivity contribution in [3.05, 3.63) is 45.9 Å². The van der Waals surface area contributed by atoms with Gasteiger partial charge in [-0.1, -0.05) is 41.1 Å². The number of anilines is 1. The topological polar surface area (TPSA) is 36.4 Å². The third-order valence-corrected chi connectivity index (χ3v) is 4.35. The Labute approximate surface area is 116 Å². The fraction of sp³-hybridized carbons (Fsp3) is 0.308. The molecule has 3 nitrogen and oxygen atoms in total. The van der Waals surface area contributed by atoms with Crippen LogP contribution in [0.3, 0.4) is 0 Å². The van der Waals surface area contributed by atoms with Gasteiger partial charge >= 0.3 is 0 Å². The van der Waals surface area contributed by atoms with Crippen LogP contribution in [0.2, 0.25) is 5.02 Å². The summed E-state index contributed by atoms with van der Waals surface area (Å²) >= 11 is 7.69. The molecular weight excluding hydrogens is 268 g/mol. The van der Waals surface area contributed by atoms with Crippen LogP contribution in [0.5, 0.6) is 0 Å². The molecule has 2 aromatic rings. The van der Waals surface area contributed by atoms with Crippen molar-refractivity contribution in [2.75, 3.05) is 11.9 Å². The molecule has 1 atom stereocenters. The number of hydrogen-bond acceptors (Lipinski definition) is 4. The van der Waals surface area contributed by atoms with E-state index in [0.717, 1.165) is 20.6 Å². The molecule has 18 heavy (non-hydrogen) atoms. The first kappa shape index (κ1) is 13.3. The van der Waals surface area contributed by atoms with E-state index in [0.29, 0.717) is 0 Å². The van der Waals surface area contributed by atoms with Crippen LogP contribution in [-0.4, -0.2) is 17.1 Å². The van der Waals surface area contributed by atoms with Gasteiger partial charge in [-0.05, 0) is 18.6 Å². The maximum Gasteiger partial charge on any atom is 0.185 e. The van der Waals surface area contributed by atoms with Crippen molar-refractivity contribution in [2.24, 2.45) is 0 Å². The van der Waals surface area contributed by atoms with Gasteiger partial charge in [-0.15, -0.1) is 0 Å². The van der Waals surface area contributed by atoms with Crippen molar-refractivity contribution >= 4 is 28.1 Å². The molecule has 0 saturated carbocycles. The number of thiazole rings is 1. The molecule has 1 N–H and O–H groups in total. The van der Waals surface area contributed by atoms with Crippen molar-refractivity contribution in [1.82, 2.24) is 4.98 Å². The molecule has 2 rings (SSSR count). The second kappa shape index (κ2) is 5.69. The summed E-state index contributed by atoms with van der Waals surface area (Å²) in [6.07, 6.45) is 1.70. The standard InChI is InChI=1S/C13H15ClN2OS/c1-9(11-5-3-4-6-12(11)14)16(2)13-15-7-10(8-17)18-13/h3-7,9,17H,8H2,1-2H3. The fourth-order valence-corrected chi connectivity index (χ4v) is 2.83. The Hall–Kier alpha value is -1.10. The molecule has 5 heteroatoms. The first-order chi connectivity index (χ1) is 8.63. The Morgan fingerprint density at radius 3 is 2.78 bits per heavy atom. The van der Waals surface area contributed by atoms with Crippen LogP contribution in [0, 0.1) is 0 Å². The number of rotatable bonds is 4. The van der Waals surface area contributed by atoms with E-state index in [1.807, 2.05) is 31.3 Å². The molecule has 0 fully saturated rings. The van der Waals surface area contributed by atoms with Crippen LogP contribution in [0.1, 0.15) is 23.4 Å². The van der Waals surface area contributed by atoms with E-state index in [-0.39, 0.29) is 12.6 Å². The number of aliphatic hydroxyl groups excluding tert-OH is 1. The number of aliphatic hydroxyl groups is 1. The molecule has 1 unspecified atom stereocenters. The zero-order chi connectivity index (χ0) is 13.1. The largest absolute Gasteiger partial charge is 0.391 e. The summed E-state index contributed by atoms with van der Waals surface area (Å²) in [6, 6.07) is 7.95. The minimum absolute atomic E-state index is 0.0337. The molecule has 0 bridgehead atoms. The van der Waals surface area contributed by atoms with Gasteiger partial charge in [-0.3, -0.25) is 0 Å². The molecular formula is C13H15ClN2OS. The van der Waals surface area contributed by atoms with E-state index in [4.69, 9.17) is 16.7 Å². The number of benzene rings is 1. The number of halogens is 1. The van der Waals surface area contributed by atoms with E-state index in [1.54, 1.807) is 6.20 Å². The molecule has 0 aliphatic carbocycles. The van der Waals surface area contributed by atoms with Crippen LogP contribution in [0.4, 0.5) is 5.13 Å². The summed E-state index contributed by atoms with van der Waals surface area (Å²) in [4.78, 5) is 7.23. The Kier molecular flexibility index (Phi) is 4.22. The van der Waals surface area contributed by atoms with Gasteiger partial charge < -0.3 is 10.0 Å². The lowest BCUT2D eigenvalue weighted by Gasteiger charge is -2.25.